The van der Waals surface area contributed by atoms with Crippen LogP contribution in [0.3, 0.4) is 0 Å². The first-order chi connectivity index (χ1) is 14.0. The maximum absolute atomic E-state index is 12.6. The Kier molecular flexibility index (Phi) is 5.72. The first-order valence-electron chi connectivity index (χ1n) is 8.92. The minimum absolute atomic E-state index is 0.0323. The summed E-state index contributed by atoms with van der Waals surface area (Å²) in [4.78, 5) is 36.2. The van der Waals surface area contributed by atoms with E-state index in [4.69, 9.17) is 5.21 Å². The zero-order chi connectivity index (χ0) is 22.3. The molecular weight excluding hydrogens is 430 g/mol. The Balaban J connectivity index is 1.90. The molecule has 30 heavy (non-hydrogen) atoms. The predicted molar refractivity (Wildman–Crippen MR) is 115 cm³/mol. The van der Waals surface area contributed by atoms with E-state index in [1.165, 1.54) is 29.2 Å². The quantitative estimate of drug-likeness (QED) is 0.427. The molecule has 0 fully saturated rings. The minimum atomic E-state index is -3.85. The number of benzene rings is 1. The van der Waals surface area contributed by atoms with Crippen molar-refractivity contribution in [3.05, 3.63) is 56.5 Å². The largest absolute Gasteiger partial charge is 0.315 e. The van der Waals surface area contributed by atoms with Crippen LogP contribution in [0.4, 0.5) is 0 Å². The lowest BCUT2D eigenvalue weighted by Crippen LogP contribution is -2.49. The Bertz CT molecular complexity index is 1350. The van der Waals surface area contributed by atoms with Crippen LogP contribution in [0.5, 0.6) is 0 Å². The highest BCUT2D eigenvalue weighted by atomic mass is 32.2. The highest BCUT2D eigenvalue weighted by Gasteiger charge is 2.43. The molecule has 3 aromatic rings. The number of carbonyl (C=O) groups is 1. The summed E-state index contributed by atoms with van der Waals surface area (Å²) in [6, 6.07) is 8.60. The number of hydrogen-bond donors (Lipinski definition) is 2. The smallest absolute Gasteiger partial charge is 0.307 e. The van der Waals surface area contributed by atoms with E-state index in [2.05, 4.69) is 0 Å². The van der Waals surface area contributed by atoms with Gasteiger partial charge in [0.1, 0.15) is 0 Å². The molecule has 1 amide bonds. The van der Waals surface area contributed by atoms with Crippen LogP contribution in [0, 0.1) is 0 Å². The van der Waals surface area contributed by atoms with Gasteiger partial charge in [-0.1, -0.05) is 17.4 Å². The van der Waals surface area contributed by atoms with E-state index in [0.29, 0.717) is 5.56 Å². The molecule has 0 aliphatic carbocycles. The molecule has 9 nitrogen and oxygen atoms in total. The molecule has 2 heterocycles. The average molecular weight is 452 g/mol. The number of pyridine rings is 1. The maximum atomic E-state index is 12.6. The van der Waals surface area contributed by atoms with Gasteiger partial charge in [0.25, 0.3) is 11.5 Å². The highest BCUT2D eigenvalue weighted by molar-refractivity contribution is 7.92. The molecule has 2 aromatic heterocycles. The van der Waals surface area contributed by atoms with E-state index >= 15 is 0 Å². The van der Waals surface area contributed by atoms with Crippen molar-refractivity contribution < 1.29 is 18.4 Å². The Morgan fingerprint density at radius 1 is 1.20 bits per heavy atom. The van der Waals surface area contributed by atoms with Crippen molar-refractivity contribution in [2.24, 2.45) is 7.05 Å². The fraction of sp³-hybridized carbons (Fsp3) is 0.316. The molecular formula is C19H21N3O6S2. The fourth-order valence-corrected chi connectivity index (χ4v) is 4.87. The number of thiazole rings is 1. The summed E-state index contributed by atoms with van der Waals surface area (Å²) in [6.45, 7) is 1.17. The molecule has 0 saturated carbocycles. The topological polar surface area (TPSA) is 127 Å². The lowest BCUT2D eigenvalue weighted by Gasteiger charge is -2.25. The van der Waals surface area contributed by atoms with E-state index in [0.717, 1.165) is 33.4 Å². The number of rotatable bonds is 6. The Labute approximate surface area is 176 Å². The van der Waals surface area contributed by atoms with E-state index in [9.17, 15) is 22.8 Å². The highest BCUT2D eigenvalue weighted by Crippen LogP contribution is 2.25. The van der Waals surface area contributed by atoms with Crippen molar-refractivity contribution in [2.75, 3.05) is 6.26 Å². The number of nitrogens with one attached hydrogen (secondary N) is 1. The Morgan fingerprint density at radius 3 is 2.47 bits per heavy atom. The number of nitrogens with zero attached hydrogens (tertiary/aromatic N) is 2. The number of aryl methyl sites for hydroxylation is 2. The number of hydroxylamine groups is 1. The van der Waals surface area contributed by atoms with Gasteiger partial charge in [-0.15, -0.1) is 0 Å². The molecule has 0 radical (unpaired) electrons. The lowest BCUT2D eigenvalue weighted by molar-refractivity contribution is -0.131. The molecule has 3 rings (SSSR count). The number of fused-ring (bicyclic) bond motifs is 1. The van der Waals surface area contributed by atoms with Gasteiger partial charge in [0.05, 0.1) is 10.2 Å². The van der Waals surface area contributed by atoms with Crippen molar-refractivity contribution >= 4 is 37.3 Å². The molecule has 0 aliphatic rings. The van der Waals surface area contributed by atoms with Crippen LogP contribution in [0.25, 0.3) is 21.3 Å². The van der Waals surface area contributed by atoms with Crippen LogP contribution in [0.2, 0.25) is 0 Å². The SMILES string of the molecule is Cn1c(=O)sc2cc(-c3ccn(CCC(C)(C(=O)NO)S(C)(=O)=O)c(=O)c3)ccc21. The van der Waals surface area contributed by atoms with Crippen LogP contribution >= 0.6 is 11.3 Å². The van der Waals surface area contributed by atoms with Crippen molar-refractivity contribution in [3.63, 3.8) is 0 Å². The van der Waals surface area contributed by atoms with Gasteiger partial charge in [-0.05, 0) is 42.7 Å². The molecule has 0 saturated heterocycles. The van der Waals surface area contributed by atoms with Crippen molar-refractivity contribution in [1.29, 1.82) is 0 Å². The molecule has 0 spiro atoms. The normalized spacial score (nSPS) is 13.9. The number of hydrogen-bond acceptors (Lipinski definition) is 7. The van der Waals surface area contributed by atoms with Crippen LogP contribution in [-0.2, 0) is 28.2 Å². The van der Waals surface area contributed by atoms with E-state index in [-0.39, 0.29) is 23.4 Å². The van der Waals surface area contributed by atoms with Gasteiger partial charge in [-0.3, -0.25) is 19.6 Å². The molecule has 1 aromatic carbocycles. The molecule has 1 atom stereocenters. The third-order valence-corrected chi connectivity index (χ3v) is 8.37. The summed E-state index contributed by atoms with van der Waals surface area (Å²) in [5.74, 6) is -1.05. The number of aromatic nitrogens is 2. The maximum Gasteiger partial charge on any atom is 0.307 e. The van der Waals surface area contributed by atoms with Gasteiger partial charge in [0.15, 0.2) is 14.6 Å². The zero-order valence-corrected chi connectivity index (χ0v) is 18.2. The third-order valence-electron chi connectivity index (χ3n) is 5.35. The number of carbonyl (C=O) groups excluding carboxylic acids is 1. The van der Waals surface area contributed by atoms with E-state index in [1.54, 1.807) is 17.7 Å². The standard InChI is InChI=1S/C19H21N3O6S2/c1-19(17(24)20-26,30(3,27)28)7-9-22-8-6-13(11-16(22)23)12-4-5-14-15(10-12)29-18(25)21(14)2/h4-6,8,10-11,26H,7,9H2,1-3H3,(H,20,24). The van der Waals surface area contributed by atoms with Crippen LogP contribution in [0.15, 0.2) is 46.1 Å². The fourth-order valence-electron chi connectivity index (χ4n) is 3.10. The van der Waals surface area contributed by atoms with Crippen molar-refractivity contribution in [1.82, 2.24) is 14.6 Å². The number of sulfone groups is 1. The molecule has 11 heteroatoms. The second kappa shape index (κ2) is 7.82. The Morgan fingerprint density at radius 2 is 1.87 bits per heavy atom. The Hall–Kier alpha value is -2.76. The van der Waals surface area contributed by atoms with Gasteiger partial charge in [0.2, 0.25) is 0 Å². The van der Waals surface area contributed by atoms with E-state index in [1.807, 2.05) is 18.2 Å². The summed E-state index contributed by atoms with van der Waals surface area (Å²) in [7, 11) is -2.15. The van der Waals surface area contributed by atoms with Crippen molar-refractivity contribution in [3.8, 4) is 11.1 Å². The van der Waals surface area contributed by atoms with Crippen LogP contribution in [0.1, 0.15) is 13.3 Å². The first-order valence-corrected chi connectivity index (χ1v) is 11.6. The van der Waals surface area contributed by atoms with Gasteiger partial charge in [0, 0.05) is 32.1 Å². The van der Waals surface area contributed by atoms with E-state index < -0.39 is 20.5 Å². The molecule has 160 valence electrons. The summed E-state index contributed by atoms with van der Waals surface area (Å²) >= 11 is 1.12. The first kappa shape index (κ1) is 21.9. The predicted octanol–water partition coefficient (Wildman–Crippen LogP) is 1.13. The summed E-state index contributed by atoms with van der Waals surface area (Å²) in [6.07, 6.45) is 2.23. The van der Waals surface area contributed by atoms with Gasteiger partial charge in [-0.2, -0.15) is 0 Å². The molecule has 2 N–H and O–H groups in total. The molecule has 1 unspecified atom stereocenters. The zero-order valence-electron chi connectivity index (χ0n) is 16.6. The second-order valence-electron chi connectivity index (χ2n) is 7.25. The number of amides is 1. The second-order valence-corrected chi connectivity index (χ2v) is 10.7. The monoisotopic (exact) mass is 451 g/mol. The summed E-state index contributed by atoms with van der Waals surface area (Å²) < 4.78 is 25.9. The van der Waals surface area contributed by atoms with Gasteiger partial charge < -0.3 is 9.13 Å². The van der Waals surface area contributed by atoms with Crippen molar-refractivity contribution in [2.45, 2.75) is 24.6 Å². The van der Waals surface area contributed by atoms with Crippen LogP contribution in [-0.4, -0.2) is 39.7 Å². The van der Waals surface area contributed by atoms with Gasteiger partial charge in [-0.25, -0.2) is 13.9 Å². The summed E-state index contributed by atoms with van der Waals surface area (Å²) in [5, 5.41) is 8.89. The average Bonchev–Trinajstić information content (AvgIpc) is 2.98. The lowest BCUT2D eigenvalue weighted by atomic mass is 10.1. The molecule has 0 bridgehead atoms. The van der Waals surface area contributed by atoms with Gasteiger partial charge >= 0.3 is 4.87 Å². The third kappa shape index (κ3) is 3.83. The summed E-state index contributed by atoms with van der Waals surface area (Å²) in [5.41, 5.74) is 3.25. The minimum Gasteiger partial charge on any atom is -0.315 e. The van der Waals surface area contributed by atoms with Crippen LogP contribution < -0.4 is 15.9 Å². The molecule has 0 aliphatic heterocycles.